The Bertz CT molecular complexity index is 952. The number of amides is 1. The van der Waals surface area contributed by atoms with Crippen LogP contribution < -0.4 is 0 Å². The van der Waals surface area contributed by atoms with Crippen LogP contribution in [0.1, 0.15) is 28.4 Å². The Labute approximate surface area is 158 Å². The molecule has 1 amide bonds. The lowest BCUT2D eigenvalue weighted by molar-refractivity contribution is 0.0781. The number of aryl methyl sites for hydroxylation is 1. The second-order valence-corrected chi connectivity index (χ2v) is 6.97. The Kier molecular flexibility index (Phi) is 4.66. The van der Waals surface area contributed by atoms with Crippen molar-refractivity contribution >= 4 is 5.91 Å². The highest BCUT2D eigenvalue weighted by atomic mass is 16.2. The minimum Gasteiger partial charge on any atom is -0.337 e. The number of carbonyl (C=O) groups is 1. The zero-order valence-electron chi connectivity index (χ0n) is 15.5. The van der Waals surface area contributed by atoms with Crippen molar-refractivity contribution in [3.8, 4) is 11.4 Å². The minimum atomic E-state index is 0.00305. The highest BCUT2D eigenvalue weighted by Crippen LogP contribution is 2.23. The molecule has 0 aliphatic carbocycles. The largest absolute Gasteiger partial charge is 0.337 e. The van der Waals surface area contributed by atoms with Crippen molar-refractivity contribution in [2.45, 2.75) is 19.8 Å². The van der Waals surface area contributed by atoms with E-state index in [9.17, 15) is 4.79 Å². The molecule has 3 aromatic heterocycles. The molecule has 0 bridgehead atoms. The van der Waals surface area contributed by atoms with Crippen molar-refractivity contribution in [1.29, 1.82) is 0 Å². The van der Waals surface area contributed by atoms with Gasteiger partial charge in [-0.15, -0.1) is 0 Å². The van der Waals surface area contributed by atoms with E-state index in [0.29, 0.717) is 11.6 Å². The highest BCUT2D eigenvalue weighted by molar-refractivity contribution is 5.92. The van der Waals surface area contributed by atoms with E-state index < -0.39 is 0 Å². The number of pyridine rings is 1. The van der Waals surface area contributed by atoms with Crippen LogP contribution in [0, 0.1) is 12.8 Å². The molecule has 7 nitrogen and oxygen atoms in total. The van der Waals surface area contributed by atoms with Gasteiger partial charge in [0.25, 0.3) is 5.91 Å². The fourth-order valence-electron chi connectivity index (χ4n) is 3.50. The molecule has 0 N–H and O–H groups in total. The summed E-state index contributed by atoms with van der Waals surface area (Å²) in [6.07, 6.45) is 8.84. The molecule has 1 aliphatic heterocycles. The van der Waals surface area contributed by atoms with E-state index in [4.69, 9.17) is 4.98 Å². The number of nitrogens with zero attached hydrogens (tertiary/aromatic N) is 6. The lowest BCUT2D eigenvalue weighted by Gasteiger charge is -2.16. The number of likely N-dealkylation sites (tertiary alicyclic amines) is 1. The summed E-state index contributed by atoms with van der Waals surface area (Å²) >= 11 is 0. The molecule has 4 rings (SSSR count). The molecular formula is C20H22N6O. The molecule has 1 aliphatic rings. The number of hydrogen-bond donors (Lipinski definition) is 0. The summed E-state index contributed by atoms with van der Waals surface area (Å²) < 4.78 is 2.01. The first-order chi connectivity index (χ1) is 13.1. The third kappa shape index (κ3) is 3.58. The second kappa shape index (κ2) is 7.26. The average molecular weight is 362 g/mol. The van der Waals surface area contributed by atoms with Crippen molar-refractivity contribution in [3.05, 3.63) is 60.2 Å². The van der Waals surface area contributed by atoms with Gasteiger partial charge < -0.3 is 9.47 Å². The summed E-state index contributed by atoms with van der Waals surface area (Å²) in [6, 6.07) is 5.43. The molecule has 0 unspecified atom stereocenters. The van der Waals surface area contributed by atoms with Gasteiger partial charge in [-0.05, 0) is 37.8 Å². The van der Waals surface area contributed by atoms with Gasteiger partial charge in [0.15, 0.2) is 0 Å². The third-order valence-corrected chi connectivity index (χ3v) is 5.12. The third-order valence-electron chi connectivity index (χ3n) is 5.12. The lowest BCUT2D eigenvalue weighted by atomic mass is 10.0. The Balaban J connectivity index is 1.44. The van der Waals surface area contributed by atoms with Gasteiger partial charge in [-0.1, -0.05) is 6.07 Å². The fraction of sp³-hybridized carbons (Fsp3) is 0.350. The fourth-order valence-corrected chi connectivity index (χ4v) is 3.50. The van der Waals surface area contributed by atoms with Crippen molar-refractivity contribution in [2.75, 3.05) is 13.1 Å². The van der Waals surface area contributed by atoms with Crippen LogP contribution in [0.25, 0.3) is 11.4 Å². The predicted molar refractivity (Wildman–Crippen MR) is 101 cm³/mol. The highest BCUT2D eigenvalue weighted by Gasteiger charge is 2.28. The first kappa shape index (κ1) is 17.3. The molecule has 1 saturated heterocycles. The van der Waals surface area contributed by atoms with Gasteiger partial charge in [0, 0.05) is 32.5 Å². The molecule has 138 valence electrons. The molecular weight excluding hydrogens is 340 g/mol. The van der Waals surface area contributed by atoms with Crippen LogP contribution >= 0.6 is 0 Å². The first-order valence-electron chi connectivity index (χ1n) is 9.11. The molecule has 1 fully saturated rings. The van der Waals surface area contributed by atoms with Gasteiger partial charge in [0.05, 0.1) is 23.8 Å². The first-order valence-corrected chi connectivity index (χ1v) is 9.11. The second-order valence-electron chi connectivity index (χ2n) is 6.97. The molecule has 0 aromatic carbocycles. The Morgan fingerprint density at radius 3 is 2.85 bits per heavy atom. The smallest absolute Gasteiger partial charge is 0.272 e. The van der Waals surface area contributed by atoms with Crippen LogP contribution in [0.5, 0.6) is 0 Å². The molecule has 1 atom stereocenters. The Hall–Kier alpha value is -3.09. The lowest BCUT2D eigenvalue weighted by Crippen LogP contribution is -2.29. The summed E-state index contributed by atoms with van der Waals surface area (Å²) in [4.78, 5) is 32.1. The van der Waals surface area contributed by atoms with Crippen LogP contribution in [-0.2, 0) is 13.5 Å². The summed E-state index contributed by atoms with van der Waals surface area (Å²) in [5.74, 6) is 1.33. The van der Waals surface area contributed by atoms with E-state index in [-0.39, 0.29) is 5.91 Å². The Morgan fingerprint density at radius 2 is 2.11 bits per heavy atom. The van der Waals surface area contributed by atoms with Crippen LogP contribution in [0.15, 0.2) is 43.0 Å². The van der Waals surface area contributed by atoms with Crippen LogP contribution in [0.2, 0.25) is 0 Å². The molecule has 0 spiro atoms. The molecule has 3 aromatic rings. The topological polar surface area (TPSA) is 76.8 Å². The van der Waals surface area contributed by atoms with E-state index in [0.717, 1.165) is 48.8 Å². The van der Waals surface area contributed by atoms with E-state index >= 15 is 0 Å². The monoisotopic (exact) mass is 362 g/mol. The van der Waals surface area contributed by atoms with Crippen LogP contribution in [-0.4, -0.2) is 48.4 Å². The van der Waals surface area contributed by atoms with Crippen LogP contribution in [0.4, 0.5) is 0 Å². The average Bonchev–Trinajstić information content (AvgIpc) is 3.29. The molecule has 27 heavy (non-hydrogen) atoms. The number of imidazole rings is 1. The maximum Gasteiger partial charge on any atom is 0.272 e. The van der Waals surface area contributed by atoms with Gasteiger partial charge in [-0.2, -0.15) is 0 Å². The maximum absolute atomic E-state index is 12.5. The van der Waals surface area contributed by atoms with E-state index in [1.165, 1.54) is 0 Å². The number of rotatable bonds is 4. The van der Waals surface area contributed by atoms with E-state index in [2.05, 4.69) is 15.0 Å². The Morgan fingerprint density at radius 1 is 1.22 bits per heavy atom. The van der Waals surface area contributed by atoms with Gasteiger partial charge in [0.2, 0.25) is 0 Å². The van der Waals surface area contributed by atoms with E-state index in [1.807, 2.05) is 48.0 Å². The maximum atomic E-state index is 12.5. The zero-order chi connectivity index (χ0) is 18.8. The summed E-state index contributed by atoms with van der Waals surface area (Å²) in [7, 11) is 1.98. The quantitative estimate of drug-likeness (QED) is 0.712. The van der Waals surface area contributed by atoms with Crippen molar-refractivity contribution in [2.24, 2.45) is 13.0 Å². The summed E-state index contributed by atoms with van der Waals surface area (Å²) in [5.41, 5.74) is 3.24. The van der Waals surface area contributed by atoms with Crippen molar-refractivity contribution in [3.63, 3.8) is 0 Å². The van der Waals surface area contributed by atoms with Gasteiger partial charge >= 0.3 is 0 Å². The molecule has 4 heterocycles. The molecule has 0 saturated carbocycles. The standard InChI is InChI=1S/C20H22N6O/c1-14-23-12-19(25(14)2)18-11-21-10-16(24-18)9-15-6-8-26(13-15)20(27)17-5-3-4-7-22-17/h3-5,7,10-12,15H,6,8-9,13H2,1-2H3/t15-/m1/s1. The molecule has 0 radical (unpaired) electrons. The predicted octanol–water partition coefficient (Wildman–Crippen LogP) is 2.29. The van der Waals surface area contributed by atoms with Crippen LogP contribution in [0.3, 0.4) is 0 Å². The molecule has 7 heteroatoms. The SMILES string of the molecule is Cc1ncc(-c2cncc(C[C@H]3CCN(C(=O)c4ccccn4)C3)n2)n1C. The minimum absolute atomic E-state index is 0.00305. The number of carbonyl (C=O) groups excluding carboxylic acids is 1. The summed E-state index contributed by atoms with van der Waals surface area (Å²) in [6.45, 7) is 3.45. The number of hydrogen-bond acceptors (Lipinski definition) is 5. The normalized spacial score (nSPS) is 16.7. The van der Waals surface area contributed by atoms with E-state index in [1.54, 1.807) is 18.5 Å². The summed E-state index contributed by atoms with van der Waals surface area (Å²) in [5, 5.41) is 0. The van der Waals surface area contributed by atoms with Gasteiger partial charge in [0.1, 0.15) is 17.2 Å². The zero-order valence-corrected chi connectivity index (χ0v) is 15.5. The van der Waals surface area contributed by atoms with Crippen molar-refractivity contribution in [1.82, 2.24) is 29.4 Å². The van der Waals surface area contributed by atoms with Gasteiger partial charge in [-0.3, -0.25) is 14.8 Å². The number of aromatic nitrogens is 5. The van der Waals surface area contributed by atoms with Gasteiger partial charge in [-0.25, -0.2) is 9.97 Å². The van der Waals surface area contributed by atoms with Crippen molar-refractivity contribution < 1.29 is 4.79 Å².